The van der Waals surface area contributed by atoms with E-state index in [4.69, 9.17) is 0 Å². The molecule has 1 rings (SSSR count). The molecular formula is C9H8NO3. The van der Waals surface area contributed by atoms with Crippen molar-refractivity contribution in [2.24, 2.45) is 0 Å². The standard InChI is InChI=1S/C9H8NO3/c1-6-7(2)9(10(12)13)4-3-8(6)5-11/h3-4H,1-2H3. The van der Waals surface area contributed by atoms with Crippen LogP contribution in [0.15, 0.2) is 12.1 Å². The van der Waals surface area contributed by atoms with Gasteiger partial charge in [-0.1, -0.05) is 0 Å². The molecule has 0 aromatic heterocycles. The highest BCUT2D eigenvalue weighted by atomic mass is 16.6. The summed E-state index contributed by atoms with van der Waals surface area (Å²) < 4.78 is 0. The Balaban J connectivity index is 3.39. The molecule has 0 atom stereocenters. The molecule has 67 valence electrons. The van der Waals surface area contributed by atoms with E-state index in [1.165, 1.54) is 12.1 Å². The van der Waals surface area contributed by atoms with E-state index in [2.05, 4.69) is 0 Å². The maximum atomic E-state index is 10.5. The molecule has 0 aliphatic heterocycles. The van der Waals surface area contributed by atoms with Crippen LogP contribution in [-0.4, -0.2) is 11.2 Å². The van der Waals surface area contributed by atoms with Crippen molar-refractivity contribution in [2.45, 2.75) is 13.8 Å². The van der Waals surface area contributed by atoms with Crippen LogP contribution in [0.4, 0.5) is 5.69 Å². The van der Waals surface area contributed by atoms with E-state index < -0.39 is 4.92 Å². The highest BCUT2D eigenvalue weighted by molar-refractivity contribution is 5.79. The minimum absolute atomic E-state index is 0.0384. The molecule has 1 aromatic carbocycles. The summed E-state index contributed by atoms with van der Waals surface area (Å²) >= 11 is 0. The highest BCUT2D eigenvalue weighted by Gasteiger charge is 2.13. The molecule has 0 fully saturated rings. The highest BCUT2D eigenvalue weighted by Crippen LogP contribution is 2.22. The molecule has 0 heterocycles. The lowest BCUT2D eigenvalue weighted by Crippen LogP contribution is -1.97. The monoisotopic (exact) mass is 178 g/mol. The first-order chi connectivity index (χ1) is 6.07. The third kappa shape index (κ3) is 1.56. The predicted molar refractivity (Wildman–Crippen MR) is 47.4 cm³/mol. The maximum absolute atomic E-state index is 10.5. The number of nitro benzene ring substituents is 1. The van der Waals surface area contributed by atoms with E-state index in [0.29, 0.717) is 16.7 Å². The summed E-state index contributed by atoms with van der Waals surface area (Å²) in [5.41, 5.74) is 1.55. The van der Waals surface area contributed by atoms with Gasteiger partial charge in [0.05, 0.1) is 4.92 Å². The lowest BCUT2D eigenvalue weighted by Gasteiger charge is -2.02. The molecule has 0 bridgehead atoms. The summed E-state index contributed by atoms with van der Waals surface area (Å²) in [6, 6.07) is 2.73. The van der Waals surface area contributed by atoms with Gasteiger partial charge in [0.15, 0.2) is 0 Å². The fourth-order valence-electron chi connectivity index (χ4n) is 1.11. The van der Waals surface area contributed by atoms with Crippen LogP contribution in [0.2, 0.25) is 0 Å². The van der Waals surface area contributed by atoms with Crippen molar-refractivity contribution in [3.8, 4) is 0 Å². The lowest BCUT2D eigenvalue weighted by atomic mass is 10.0. The second-order valence-electron chi connectivity index (χ2n) is 2.74. The average molecular weight is 178 g/mol. The van der Waals surface area contributed by atoms with Crippen molar-refractivity contribution in [3.05, 3.63) is 38.9 Å². The number of hydrogen-bond donors (Lipinski definition) is 0. The van der Waals surface area contributed by atoms with Gasteiger partial charge in [-0.05, 0) is 25.5 Å². The Morgan fingerprint density at radius 3 is 2.38 bits per heavy atom. The SMILES string of the molecule is Cc1c([C]=O)ccc([N+](=O)[O-])c1C. The number of benzene rings is 1. The van der Waals surface area contributed by atoms with Gasteiger partial charge in [0.1, 0.15) is 0 Å². The summed E-state index contributed by atoms with van der Waals surface area (Å²) in [5, 5.41) is 10.5. The van der Waals surface area contributed by atoms with E-state index in [0.717, 1.165) is 0 Å². The lowest BCUT2D eigenvalue weighted by molar-refractivity contribution is -0.385. The molecular weight excluding hydrogens is 170 g/mol. The fourth-order valence-corrected chi connectivity index (χ4v) is 1.11. The van der Waals surface area contributed by atoms with Crippen LogP contribution < -0.4 is 0 Å². The van der Waals surface area contributed by atoms with Gasteiger partial charge in [0.25, 0.3) is 5.69 Å². The summed E-state index contributed by atoms with van der Waals surface area (Å²) in [5.74, 6) is 0. The Morgan fingerprint density at radius 1 is 1.31 bits per heavy atom. The zero-order valence-electron chi connectivity index (χ0n) is 7.33. The van der Waals surface area contributed by atoms with Gasteiger partial charge >= 0.3 is 0 Å². The molecule has 0 aliphatic rings. The number of nitro groups is 1. The quantitative estimate of drug-likeness (QED) is 0.511. The molecule has 4 heteroatoms. The Bertz CT molecular complexity index is 371. The van der Waals surface area contributed by atoms with Gasteiger partial charge in [-0.15, -0.1) is 0 Å². The van der Waals surface area contributed by atoms with E-state index >= 15 is 0 Å². The minimum Gasteiger partial charge on any atom is -0.285 e. The smallest absolute Gasteiger partial charge is 0.272 e. The van der Waals surface area contributed by atoms with Crippen LogP contribution in [0.1, 0.15) is 16.7 Å². The zero-order valence-corrected chi connectivity index (χ0v) is 7.33. The van der Waals surface area contributed by atoms with Crippen LogP contribution in [-0.2, 0) is 4.79 Å². The van der Waals surface area contributed by atoms with Crippen LogP contribution in [0.25, 0.3) is 0 Å². The first-order valence-corrected chi connectivity index (χ1v) is 3.70. The summed E-state index contributed by atoms with van der Waals surface area (Å²) in [6.45, 7) is 3.29. The fraction of sp³-hybridized carbons (Fsp3) is 0.222. The second-order valence-corrected chi connectivity index (χ2v) is 2.74. The van der Waals surface area contributed by atoms with Crippen LogP contribution >= 0.6 is 0 Å². The normalized spacial score (nSPS) is 9.69. The average Bonchev–Trinajstić information content (AvgIpc) is 2.09. The molecule has 1 radical (unpaired) electrons. The molecule has 0 unspecified atom stereocenters. The Kier molecular flexibility index (Phi) is 2.41. The van der Waals surface area contributed by atoms with Crippen molar-refractivity contribution < 1.29 is 9.72 Å². The Hall–Kier alpha value is -1.71. The van der Waals surface area contributed by atoms with Crippen molar-refractivity contribution in [1.29, 1.82) is 0 Å². The van der Waals surface area contributed by atoms with Crippen LogP contribution in [0.3, 0.4) is 0 Å². The van der Waals surface area contributed by atoms with E-state index in [1.807, 2.05) is 0 Å². The van der Waals surface area contributed by atoms with Gasteiger partial charge < -0.3 is 0 Å². The van der Waals surface area contributed by atoms with Gasteiger partial charge in [0.2, 0.25) is 6.29 Å². The topological polar surface area (TPSA) is 60.2 Å². The minimum atomic E-state index is -0.461. The number of carbonyl (C=O) groups excluding carboxylic acids is 1. The Labute approximate surface area is 75.3 Å². The molecule has 0 N–H and O–H groups in total. The molecule has 0 saturated heterocycles. The third-order valence-corrected chi connectivity index (χ3v) is 2.07. The van der Waals surface area contributed by atoms with Gasteiger partial charge in [-0.3, -0.25) is 14.9 Å². The number of nitrogens with zero attached hydrogens (tertiary/aromatic N) is 1. The van der Waals surface area contributed by atoms with Crippen molar-refractivity contribution in [2.75, 3.05) is 0 Å². The summed E-state index contributed by atoms with van der Waals surface area (Å²) in [6.07, 6.45) is 1.73. The number of rotatable bonds is 2. The van der Waals surface area contributed by atoms with Gasteiger partial charge in [0, 0.05) is 17.2 Å². The Morgan fingerprint density at radius 2 is 1.92 bits per heavy atom. The molecule has 4 nitrogen and oxygen atoms in total. The molecule has 13 heavy (non-hydrogen) atoms. The molecule has 0 spiro atoms. The molecule has 1 aromatic rings. The van der Waals surface area contributed by atoms with Crippen LogP contribution in [0, 0.1) is 24.0 Å². The van der Waals surface area contributed by atoms with Crippen molar-refractivity contribution in [3.63, 3.8) is 0 Å². The second kappa shape index (κ2) is 3.35. The molecule has 0 aliphatic carbocycles. The summed E-state index contributed by atoms with van der Waals surface area (Å²) in [7, 11) is 0. The maximum Gasteiger partial charge on any atom is 0.272 e. The van der Waals surface area contributed by atoms with Crippen LogP contribution in [0.5, 0.6) is 0 Å². The predicted octanol–water partition coefficient (Wildman–Crippen LogP) is 1.67. The van der Waals surface area contributed by atoms with E-state index in [9.17, 15) is 14.9 Å². The van der Waals surface area contributed by atoms with Crippen molar-refractivity contribution in [1.82, 2.24) is 0 Å². The zero-order chi connectivity index (χ0) is 10.0. The number of hydrogen-bond acceptors (Lipinski definition) is 3. The molecule has 0 saturated carbocycles. The summed E-state index contributed by atoms with van der Waals surface area (Å²) in [4.78, 5) is 20.4. The van der Waals surface area contributed by atoms with Gasteiger partial charge in [-0.25, -0.2) is 0 Å². The first-order valence-electron chi connectivity index (χ1n) is 3.70. The largest absolute Gasteiger partial charge is 0.285 e. The van der Waals surface area contributed by atoms with E-state index in [-0.39, 0.29) is 5.69 Å². The van der Waals surface area contributed by atoms with Gasteiger partial charge in [-0.2, -0.15) is 0 Å². The van der Waals surface area contributed by atoms with Crippen molar-refractivity contribution >= 4 is 12.0 Å². The van der Waals surface area contributed by atoms with E-state index in [1.54, 1.807) is 20.1 Å². The molecule has 0 amide bonds. The third-order valence-electron chi connectivity index (χ3n) is 2.07. The first kappa shape index (κ1) is 9.38.